The Morgan fingerprint density at radius 2 is 1.90 bits per heavy atom. The molecule has 3 nitrogen and oxygen atoms in total. The Bertz CT molecular complexity index is 409. The van der Waals surface area contributed by atoms with E-state index in [2.05, 4.69) is 38.2 Å². The second-order valence-corrected chi connectivity index (χ2v) is 6.14. The van der Waals surface area contributed by atoms with Crippen molar-refractivity contribution in [3.8, 4) is 5.75 Å². The summed E-state index contributed by atoms with van der Waals surface area (Å²) in [6.07, 6.45) is 1.19. The van der Waals surface area contributed by atoms with E-state index < -0.39 is 0 Å². The zero-order valence-electron chi connectivity index (χ0n) is 12.5. The highest BCUT2D eigenvalue weighted by Crippen LogP contribution is 2.24. The molecule has 20 heavy (non-hydrogen) atoms. The van der Waals surface area contributed by atoms with Gasteiger partial charge in [-0.05, 0) is 29.5 Å². The van der Waals surface area contributed by atoms with E-state index >= 15 is 0 Å². The number of halogens is 1. The lowest BCUT2D eigenvalue weighted by Crippen LogP contribution is -2.27. The molecule has 0 saturated heterocycles. The van der Waals surface area contributed by atoms with Crippen molar-refractivity contribution in [3.05, 3.63) is 29.8 Å². The van der Waals surface area contributed by atoms with Crippen molar-refractivity contribution < 1.29 is 9.53 Å². The van der Waals surface area contributed by atoms with Crippen molar-refractivity contribution in [2.24, 2.45) is 0 Å². The van der Waals surface area contributed by atoms with Gasteiger partial charge in [-0.3, -0.25) is 4.79 Å². The van der Waals surface area contributed by atoms with E-state index in [4.69, 9.17) is 16.3 Å². The van der Waals surface area contributed by atoms with E-state index in [1.165, 1.54) is 5.56 Å². The van der Waals surface area contributed by atoms with Gasteiger partial charge >= 0.3 is 0 Å². The van der Waals surface area contributed by atoms with Crippen LogP contribution in [-0.4, -0.2) is 24.9 Å². The number of hydrogen-bond donors (Lipinski definition) is 1. The lowest BCUT2D eigenvalue weighted by atomic mass is 9.87. The number of rotatable bonds is 7. The minimum Gasteiger partial charge on any atom is -0.492 e. The Hall–Kier alpha value is -1.22. The Balaban J connectivity index is 2.27. The molecule has 0 atom stereocenters. The van der Waals surface area contributed by atoms with Gasteiger partial charge in [0, 0.05) is 12.3 Å². The molecule has 1 aromatic carbocycles. The van der Waals surface area contributed by atoms with E-state index in [1.807, 2.05) is 12.1 Å². The molecule has 0 bridgehead atoms. The third kappa shape index (κ3) is 6.29. The topological polar surface area (TPSA) is 38.3 Å². The van der Waals surface area contributed by atoms with Crippen molar-refractivity contribution in [2.75, 3.05) is 19.0 Å². The van der Waals surface area contributed by atoms with Crippen LogP contribution in [-0.2, 0) is 10.2 Å². The zero-order valence-corrected chi connectivity index (χ0v) is 13.3. The molecule has 0 aromatic heterocycles. The molecule has 1 aromatic rings. The first kappa shape index (κ1) is 16.8. The summed E-state index contributed by atoms with van der Waals surface area (Å²) in [5, 5.41) is 2.80. The highest BCUT2D eigenvalue weighted by atomic mass is 35.5. The van der Waals surface area contributed by atoms with Gasteiger partial charge in [-0.25, -0.2) is 0 Å². The molecule has 1 N–H and O–H groups in total. The van der Waals surface area contributed by atoms with Gasteiger partial charge in [0.15, 0.2) is 0 Å². The van der Waals surface area contributed by atoms with E-state index in [0.717, 1.165) is 5.75 Å². The summed E-state index contributed by atoms with van der Waals surface area (Å²) in [6.45, 7) is 7.53. The van der Waals surface area contributed by atoms with Crippen LogP contribution in [0.2, 0.25) is 0 Å². The lowest BCUT2D eigenvalue weighted by Gasteiger charge is -2.19. The predicted octanol–water partition coefficient (Wildman–Crippen LogP) is 3.50. The third-order valence-electron chi connectivity index (χ3n) is 2.95. The number of ether oxygens (including phenoxy) is 1. The summed E-state index contributed by atoms with van der Waals surface area (Å²) in [7, 11) is 0. The summed E-state index contributed by atoms with van der Waals surface area (Å²) < 4.78 is 5.59. The number of benzene rings is 1. The molecule has 112 valence electrons. The van der Waals surface area contributed by atoms with Crippen molar-refractivity contribution in [3.63, 3.8) is 0 Å². The van der Waals surface area contributed by atoms with Crippen LogP contribution in [0.25, 0.3) is 0 Å². The van der Waals surface area contributed by atoms with Crippen molar-refractivity contribution in [2.45, 2.75) is 39.0 Å². The summed E-state index contributed by atoms with van der Waals surface area (Å²) in [4.78, 5) is 11.3. The lowest BCUT2D eigenvalue weighted by molar-refractivity contribution is -0.121. The number of carbonyl (C=O) groups is 1. The molecule has 1 rings (SSSR count). The SMILES string of the molecule is CC(C)(C)c1ccc(OCCNC(=O)CCCCl)cc1. The molecule has 4 heteroatoms. The van der Waals surface area contributed by atoms with Crippen LogP contribution < -0.4 is 10.1 Å². The third-order valence-corrected chi connectivity index (χ3v) is 3.22. The Labute approximate surface area is 126 Å². The molecule has 0 aliphatic carbocycles. The van der Waals surface area contributed by atoms with Gasteiger partial charge in [-0.1, -0.05) is 32.9 Å². The van der Waals surface area contributed by atoms with Crippen molar-refractivity contribution in [1.82, 2.24) is 5.32 Å². The number of alkyl halides is 1. The maximum atomic E-state index is 11.3. The molecule has 1 amide bonds. The van der Waals surface area contributed by atoms with E-state index in [0.29, 0.717) is 31.9 Å². The monoisotopic (exact) mass is 297 g/mol. The van der Waals surface area contributed by atoms with Crippen molar-refractivity contribution >= 4 is 17.5 Å². The quantitative estimate of drug-likeness (QED) is 0.618. The average Bonchev–Trinajstić information content (AvgIpc) is 2.41. The fraction of sp³-hybridized carbons (Fsp3) is 0.562. The molecule has 0 fully saturated rings. The average molecular weight is 298 g/mol. The fourth-order valence-corrected chi connectivity index (χ4v) is 1.86. The van der Waals surface area contributed by atoms with Crippen LogP contribution in [0.15, 0.2) is 24.3 Å². The standard InChI is InChI=1S/C16H24ClNO2/c1-16(2,3)13-6-8-14(9-7-13)20-12-11-18-15(19)5-4-10-17/h6-9H,4-5,10-12H2,1-3H3,(H,18,19). The summed E-state index contributed by atoms with van der Waals surface area (Å²) in [5.74, 6) is 1.37. The minimum atomic E-state index is 0.0253. The molecule has 0 heterocycles. The van der Waals surface area contributed by atoms with Gasteiger partial charge in [0.25, 0.3) is 0 Å². The normalized spacial score (nSPS) is 11.2. The molecule has 0 unspecified atom stereocenters. The summed E-state index contributed by atoms with van der Waals surface area (Å²) in [5.41, 5.74) is 1.42. The Morgan fingerprint density at radius 1 is 1.25 bits per heavy atom. The maximum absolute atomic E-state index is 11.3. The molecular formula is C16H24ClNO2. The van der Waals surface area contributed by atoms with Crippen LogP contribution in [0.3, 0.4) is 0 Å². The molecular weight excluding hydrogens is 274 g/mol. The molecule has 0 radical (unpaired) electrons. The van der Waals surface area contributed by atoms with Crippen LogP contribution >= 0.6 is 11.6 Å². The number of hydrogen-bond acceptors (Lipinski definition) is 2. The zero-order chi connectivity index (χ0) is 15.0. The molecule has 0 aliphatic heterocycles. The second kappa shape index (κ2) is 8.15. The fourth-order valence-electron chi connectivity index (χ4n) is 1.73. The molecule has 0 saturated carbocycles. The van der Waals surface area contributed by atoms with E-state index in [9.17, 15) is 4.79 Å². The van der Waals surface area contributed by atoms with Gasteiger partial charge in [-0.15, -0.1) is 11.6 Å². The predicted molar refractivity (Wildman–Crippen MR) is 83.6 cm³/mol. The largest absolute Gasteiger partial charge is 0.492 e. The Kier molecular flexibility index (Phi) is 6.86. The van der Waals surface area contributed by atoms with E-state index in [-0.39, 0.29) is 11.3 Å². The van der Waals surface area contributed by atoms with Crippen molar-refractivity contribution in [1.29, 1.82) is 0 Å². The van der Waals surface area contributed by atoms with Crippen LogP contribution in [0.5, 0.6) is 5.75 Å². The summed E-state index contributed by atoms with van der Waals surface area (Å²) >= 11 is 5.53. The van der Waals surface area contributed by atoms with E-state index in [1.54, 1.807) is 0 Å². The smallest absolute Gasteiger partial charge is 0.220 e. The first-order chi connectivity index (χ1) is 9.43. The highest BCUT2D eigenvalue weighted by molar-refractivity contribution is 6.17. The molecule has 0 aliphatic rings. The maximum Gasteiger partial charge on any atom is 0.220 e. The number of nitrogens with one attached hydrogen (secondary N) is 1. The van der Waals surface area contributed by atoms with Crippen LogP contribution in [0.4, 0.5) is 0 Å². The van der Waals surface area contributed by atoms with Gasteiger partial charge < -0.3 is 10.1 Å². The molecule has 0 spiro atoms. The second-order valence-electron chi connectivity index (χ2n) is 5.77. The van der Waals surface area contributed by atoms with Gasteiger partial charge in [-0.2, -0.15) is 0 Å². The number of carbonyl (C=O) groups excluding carboxylic acids is 1. The first-order valence-corrected chi connectivity index (χ1v) is 7.53. The van der Waals surface area contributed by atoms with Gasteiger partial charge in [0.05, 0.1) is 6.54 Å². The van der Waals surface area contributed by atoms with Crippen LogP contribution in [0, 0.1) is 0 Å². The summed E-state index contributed by atoms with van der Waals surface area (Å²) in [6, 6.07) is 8.09. The van der Waals surface area contributed by atoms with Crippen LogP contribution in [0.1, 0.15) is 39.2 Å². The van der Waals surface area contributed by atoms with Gasteiger partial charge in [0.1, 0.15) is 12.4 Å². The highest BCUT2D eigenvalue weighted by Gasteiger charge is 2.12. The minimum absolute atomic E-state index is 0.0253. The first-order valence-electron chi connectivity index (χ1n) is 6.99. The Morgan fingerprint density at radius 3 is 2.45 bits per heavy atom. The van der Waals surface area contributed by atoms with Gasteiger partial charge in [0.2, 0.25) is 5.91 Å². The number of amides is 1.